The van der Waals surface area contributed by atoms with Gasteiger partial charge in [0.1, 0.15) is 11.6 Å². The highest BCUT2D eigenvalue weighted by Gasteiger charge is 2.14. The topological polar surface area (TPSA) is 43.1 Å². The normalized spacial score (nSPS) is 10.0. The van der Waals surface area contributed by atoms with Gasteiger partial charge in [0, 0.05) is 11.6 Å². The van der Waals surface area contributed by atoms with Crippen LogP contribution in [0.2, 0.25) is 0 Å². The Morgan fingerprint density at radius 1 is 1.16 bits per heavy atom. The molecule has 2 aromatic carbocycles. The maximum atomic E-state index is 13.8. The first kappa shape index (κ1) is 18.7. The van der Waals surface area contributed by atoms with Gasteiger partial charge < -0.3 is 21.7 Å². The molecule has 0 unspecified atom stereocenters. The number of ether oxygens (including phenoxy) is 1. The van der Waals surface area contributed by atoms with Gasteiger partial charge in [0.15, 0.2) is 12.2 Å². The Kier molecular flexibility index (Phi) is 6.36. The second-order valence-electron chi connectivity index (χ2n) is 5.25. The fourth-order valence-electron chi connectivity index (χ4n) is 2.36. The van der Waals surface area contributed by atoms with Gasteiger partial charge in [-0.25, -0.2) is 8.96 Å². The summed E-state index contributed by atoms with van der Waals surface area (Å²) in [5.74, 6) is 0.258. The zero-order valence-electron chi connectivity index (χ0n) is 13.5. The number of hydrogen-bond donors (Lipinski definition) is 0. The first-order valence-electron chi connectivity index (χ1n) is 7.44. The Labute approximate surface area is 155 Å². The van der Waals surface area contributed by atoms with Crippen LogP contribution in [0.3, 0.4) is 0 Å². The summed E-state index contributed by atoms with van der Waals surface area (Å²) in [6, 6.07) is 15.1. The zero-order chi connectivity index (χ0) is 16.9. The predicted molar refractivity (Wildman–Crippen MR) is 87.2 cm³/mol. The molecule has 128 valence electrons. The summed E-state index contributed by atoms with van der Waals surface area (Å²) in [5.41, 5.74) is 1.53. The van der Waals surface area contributed by atoms with Crippen molar-refractivity contribution in [1.29, 1.82) is 0 Å². The molecular formula is C19H16BrFN2O2. The van der Waals surface area contributed by atoms with E-state index >= 15 is 0 Å². The second kappa shape index (κ2) is 8.48. The highest BCUT2D eigenvalue weighted by Crippen LogP contribution is 2.18. The lowest BCUT2D eigenvalue weighted by molar-refractivity contribution is -0.686. The summed E-state index contributed by atoms with van der Waals surface area (Å²) in [4.78, 5) is 16.6. The monoisotopic (exact) mass is 402 g/mol. The molecule has 0 atom stereocenters. The number of Topliss-reactive ketones (excluding diaryl/α,β-unsaturated/α-hetero) is 1. The fourth-order valence-corrected chi connectivity index (χ4v) is 2.36. The van der Waals surface area contributed by atoms with Crippen LogP contribution in [0, 0.1) is 5.82 Å². The summed E-state index contributed by atoms with van der Waals surface area (Å²) in [6.45, 7) is 0.151. The fraction of sp³-hybridized carbons (Fsp3) is 0.105. The zero-order valence-corrected chi connectivity index (χ0v) is 15.1. The van der Waals surface area contributed by atoms with E-state index in [1.807, 2.05) is 0 Å². The SMILES string of the molecule is COc1cccc(C(=O)C[n+]2ccc(-c3ccccc3F)nc2)c1.[Br-]. The van der Waals surface area contributed by atoms with Gasteiger partial charge >= 0.3 is 0 Å². The molecule has 1 heterocycles. The maximum Gasteiger partial charge on any atom is 0.287 e. The van der Waals surface area contributed by atoms with Crippen molar-refractivity contribution in [3.63, 3.8) is 0 Å². The molecule has 0 aliphatic carbocycles. The molecule has 0 saturated carbocycles. The van der Waals surface area contributed by atoms with Crippen molar-refractivity contribution in [1.82, 2.24) is 4.98 Å². The molecule has 4 nitrogen and oxygen atoms in total. The summed E-state index contributed by atoms with van der Waals surface area (Å²) >= 11 is 0. The Morgan fingerprint density at radius 3 is 2.64 bits per heavy atom. The molecule has 0 radical (unpaired) electrons. The molecule has 0 bridgehead atoms. The number of carbonyl (C=O) groups excluding carboxylic acids is 1. The van der Waals surface area contributed by atoms with Crippen molar-refractivity contribution < 1.29 is 35.5 Å². The van der Waals surface area contributed by atoms with E-state index in [-0.39, 0.29) is 35.1 Å². The summed E-state index contributed by atoms with van der Waals surface area (Å²) < 4.78 is 20.5. The molecule has 0 spiro atoms. The molecular weight excluding hydrogens is 387 g/mol. The number of carbonyl (C=O) groups is 1. The van der Waals surface area contributed by atoms with Crippen LogP contribution in [0.4, 0.5) is 4.39 Å². The van der Waals surface area contributed by atoms with Crippen molar-refractivity contribution in [3.05, 3.63) is 78.5 Å². The number of methoxy groups -OCH3 is 1. The minimum absolute atomic E-state index is 0. The van der Waals surface area contributed by atoms with E-state index in [0.717, 1.165) is 0 Å². The van der Waals surface area contributed by atoms with Gasteiger partial charge in [-0.05, 0) is 29.2 Å². The third-order valence-corrected chi connectivity index (χ3v) is 3.64. The Bertz CT molecular complexity index is 869. The predicted octanol–water partition coefficient (Wildman–Crippen LogP) is 0.0707. The number of benzene rings is 2. The minimum atomic E-state index is -0.324. The van der Waals surface area contributed by atoms with Gasteiger partial charge in [0.05, 0.1) is 18.9 Å². The molecule has 25 heavy (non-hydrogen) atoms. The molecule has 0 fully saturated rings. The van der Waals surface area contributed by atoms with Crippen LogP contribution in [0.5, 0.6) is 5.75 Å². The number of nitrogens with zero attached hydrogens (tertiary/aromatic N) is 2. The van der Waals surface area contributed by atoms with E-state index < -0.39 is 0 Å². The van der Waals surface area contributed by atoms with Gasteiger partial charge in [-0.2, -0.15) is 0 Å². The molecule has 0 amide bonds. The third kappa shape index (κ3) is 4.48. The number of rotatable bonds is 5. The average molecular weight is 403 g/mol. The van der Waals surface area contributed by atoms with Gasteiger partial charge in [-0.3, -0.25) is 4.79 Å². The van der Waals surface area contributed by atoms with Crippen LogP contribution < -0.4 is 26.3 Å². The van der Waals surface area contributed by atoms with Crippen molar-refractivity contribution in [2.45, 2.75) is 6.54 Å². The smallest absolute Gasteiger partial charge is 0.287 e. The lowest BCUT2D eigenvalue weighted by atomic mass is 10.1. The van der Waals surface area contributed by atoms with Crippen molar-refractivity contribution in [3.8, 4) is 17.0 Å². The van der Waals surface area contributed by atoms with E-state index in [2.05, 4.69) is 4.98 Å². The Balaban J connectivity index is 0.00000225. The molecule has 1 aromatic heterocycles. The van der Waals surface area contributed by atoms with E-state index in [1.54, 1.807) is 66.4 Å². The maximum absolute atomic E-state index is 13.8. The highest BCUT2D eigenvalue weighted by atomic mass is 79.9. The van der Waals surface area contributed by atoms with Crippen LogP contribution in [0.15, 0.2) is 67.1 Å². The summed E-state index contributed by atoms with van der Waals surface area (Å²) in [5, 5.41) is 0. The van der Waals surface area contributed by atoms with Crippen LogP contribution in [0.25, 0.3) is 11.3 Å². The molecule has 6 heteroatoms. The van der Waals surface area contributed by atoms with E-state index in [0.29, 0.717) is 22.6 Å². The van der Waals surface area contributed by atoms with Gasteiger partial charge in [0.25, 0.3) is 6.33 Å². The lowest BCUT2D eigenvalue weighted by Gasteiger charge is -2.03. The molecule has 0 N–H and O–H groups in total. The van der Waals surface area contributed by atoms with Gasteiger partial charge in [-0.1, -0.05) is 24.3 Å². The molecule has 3 rings (SSSR count). The van der Waals surface area contributed by atoms with Crippen LogP contribution in [0.1, 0.15) is 10.4 Å². The van der Waals surface area contributed by atoms with Gasteiger partial charge in [0.2, 0.25) is 5.78 Å². The van der Waals surface area contributed by atoms with Crippen molar-refractivity contribution >= 4 is 5.78 Å². The standard InChI is InChI=1S/C19H16FN2O2.BrH/c1-24-15-6-4-5-14(11-15)19(23)12-22-10-9-18(21-13-22)16-7-2-3-8-17(16)20;/h2-11,13H,12H2,1H3;1H/q+1;/p-1. The van der Waals surface area contributed by atoms with E-state index in [9.17, 15) is 9.18 Å². The second-order valence-corrected chi connectivity index (χ2v) is 5.25. The Hall–Kier alpha value is -2.60. The number of ketones is 1. The molecule has 0 saturated heterocycles. The number of aromatic nitrogens is 2. The highest BCUT2D eigenvalue weighted by molar-refractivity contribution is 5.95. The van der Waals surface area contributed by atoms with E-state index in [4.69, 9.17) is 4.74 Å². The summed E-state index contributed by atoms with van der Waals surface area (Å²) in [6.07, 6.45) is 3.24. The first-order valence-corrected chi connectivity index (χ1v) is 7.44. The Morgan fingerprint density at radius 2 is 1.96 bits per heavy atom. The number of hydrogen-bond acceptors (Lipinski definition) is 3. The van der Waals surface area contributed by atoms with Crippen LogP contribution >= 0.6 is 0 Å². The molecule has 0 aliphatic heterocycles. The quantitative estimate of drug-likeness (QED) is 0.448. The van der Waals surface area contributed by atoms with Crippen molar-refractivity contribution in [2.75, 3.05) is 7.11 Å². The average Bonchev–Trinajstić information content (AvgIpc) is 2.63. The minimum Gasteiger partial charge on any atom is -1.00 e. The molecule has 0 aliphatic rings. The largest absolute Gasteiger partial charge is 1.00 e. The lowest BCUT2D eigenvalue weighted by Crippen LogP contribution is -3.00. The third-order valence-electron chi connectivity index (χ3n) is 3.64. The molecule has 3 aromatic rings. The van der Waals surface area contributed by atoms with Gasteiger partial charge in [-0.15, -0.1) is 0 Å². The van der Waals surface area contributed by atoms with Crippen LogP contribution in [-0.4, -0.2) is 17.9 Å². The van der Waals surface area contributed by atoms with Crippen LogP contribution in [-0.2, 0) is 6.54 Å². The first-order chi connectivity index (χ1) is 11.7. The van der Waals surface area contributed by atoms with Crippen molar-refractivity contribution in [2.24, 2.45) is 0 Å². The number of halogens is 2. The summed E-state index contributed by atoms with van der Waals surface area (Å²) in [7, 11) is 1.56. The van der Waals surface area contributed by atoms with E-state index in [1.165, 1.54) is 12.4 Å².